The fourth-order valence-electron chi connectivity index (χ4n) is 1.78. The first-order valence-electron chi connectivity index (χ1n) is 7.39. The van der Waals surface area contributed by atoms with Crippen LogP contribution in [0.5, 0.6) is 5.75 Å². The van der Waals surface area contributed by atoms with Gasteiger partial charge in [0.05, 0.1) is 6.54 Å². The molecule has 1 aromatic carbocycles. The van der Waals surface area contributed by atoms with Crippen molar-refractivity contribution in [2.45, 2.75) is 13.0 Å². The zero-order chi connectivity index (χ0) is 18.1. The number of halogens is 1. The molecule has 0 aliphatic carbocycles. The maximum Gasteiger partial charge on any atom is 0.270 e. The van der Waals surface area contributed by atoms with E-state index in [-0.39, 0.29) is 37.9 Å². The first-order chi connectivity index (χ1) is 12.1. The molecule has 0 unspecified atom stereocenters. The minimum atomic E-state index is -0.334. The van der Waals surface area contributed by atoms with Crippen LogP contribution in [0, 0.1) is 12.3 Å². The lowest BCUT2D eigenvalue weighted by Crippen LogP contribution is -2.31. The molecule has 130 valence electrons. The fraction of sp³-hybridized carbons (Fsp3) is 0.235. The molecule has 0 radical (unpaired) electrons. The summed E-state index contributed by atoms with van der Waals surface area (Å²) in [5.74, 6) is 2.43. The average molecular weight is 378 g/mol. The van der Waals surface area contributed by atoms with Crippen molar-refractivity contribution in [3.8, 4) is 18.1 Å². The van der Waals surface area contributed by atoms with Crippen molar-refractivity contribution < 1.29 is 14.3 Å². The zero-order valence-corrected chi connectivity index (χ0v) is 14.8. The molecule has 0 aliphatic heterocycles. The van der Waals surface area contributed by atoms with E-state index in [0.29, 0.717) is 21.5 Å². The molecule has 2 rings (SSSR count). The predicted molar refractivity (Wildman–Crippen MR) is 96.7 cm³/mol. The molecule has 0 atom stereocenters. The Hall–Kier alpha value is -2.56. The smallest absolute Gasteiger partial charge is 0.270 e. The molecule has 2 N–H and O–H groups in total. The van der Waals surface area contributed by atoms with Crippen LogP contribution in [-0.4, -0.2) is 29.9 Å². The number of ether oxygens (including phenoxy) is 1. The Morgan fingerprint density at radius 3 is 2.76 bits per heavy atom. The van der Waals surface area contributed by atoms with Crippen molar-refractivity contribution in [3.63, 3.8) is 0 Å². The molecule has 0 fully saturated rings. The molecule has 0 spiro atoms. The highest BCUT2D eigenvalue weighted by Gasteiger charge is 2.11. The molecular weight excluding hydrogens is 362 g/mol. The molecule has 1 aromatic heterocycles. The zero-order valence-electron chi connectivity index (χ0n) is 13.3. The minimum absolute atomic E-state index is 0.157. The van der Waals surface area contributed by atoms with Crippen LogP contribution in [0.3, 0.4) is 0 Å². The summed E-state index contributed by atoms with van der Waals surface area (Å²) in [5, 5.41) is 8.11. The number of terminal acetylenes is 1. The van der Waals surface area contributed by atoms with Gasteiger partial charge in [-0.1, -0.05) is 17.5 Å². The van der Waals surface area contributed by atoms with Crippen molar-refractivity contribution in [1.29, 1.82) is 0 Å². The molecule has 1 heterocycles. The van der Waals surface area contributed by atoms with E-state index in [0.717, 1.165) is 0 Å². The van der Waals surface area contributed by atoms with Gasteiger partial charge in [-0.2, -0.15) is 0 Å². The van der Waals surface area contributed by atoms with E-state index < -0.39 is 0 Å². The standard InChI is InChI=1S/C17H16ClN3O3S/c1-2-8-19-15(22)7-9-20-17(23)14-11-25-16(21-14)10-24-13-5-3-12(18)4-6-13/h1,3-6,11H,7-10H2,(H,19,22)(H,20,23). The van der Waals surface area contributed by atoms with E-state index >= 15 is 0 Å². The van der Waals surface area contributed by atoms with Crippen molar-refractivity contribution in [2.75, 3.05) is 13.1 Å². The van der Waals surface area contributed by atoms with E-state index in [1.807, 2.05) is 0 Å². The number of carbonyl (C=O) groups excluding carboxylic acids is 2. The predicted octanol–water partition coefficient (Wildman–Crippen LogP) is 2.24. The quantitative estimate of drug-likeness (QED) is 0.691. The normalized spacial score (nSPS) is 9.92. The van der Waals surface area contributed by atoms with Gasteiger partial charge < -0.3 is 15.4 Å². The van der Waals surface area contributed by atoms with Gasteiger partial charge in [0.25, 0.3) is 5.91 Å². The van der Waals surface area contributed by atoms with Gasteiger partial charge in [-0.25, -0.2) is 4.98 Å². The Morgan fingerprint density at radius 1 is 1.28 bits per heavy atom. The fourth-order valence-corrected chi connectivity index (χ4v) is 2.59. The second-order valence-electron chi connectivity index (χ2n) is 4.86. The van der Waals surface area contributed by atoms with Gasteiger partial charge in [0.1, 0.15) is 23.1 Å². The summed E-state index contributed by atoms with van der Waals surface area (Å²) in [7, 11) is 0. The second-order valence-corrected chi connectivity index (χ2v) is 6.23. The second kappa shape index (κ2) is 9.67. The molecule has 25 heavy (non-hydrogen) atoms. The van der Waals surface area contributed by atoms with E-state index in [1.165, 1.54) is 11.3 Å². The lowest BCUT2D eigenvalue weighted by molar-refractivity contribution is -0.120. The van der Waals surface area contributed by atoms with Gasteiger partial charge in [0.2, 0.25) is 5.91 Å². The average Bonchev–Trinajstić information content (AvgIpc) is 3.08. The van der Waals surface area contributed by atoms with Gasteiger partial charge in [0, 0.05) is 23.4 Å². The Kier molecular flexibility index (Phi) is 7.26. The highest BCUT2D eigenvalue weighted by Crippen LogP contribution is 2.18. The van der Waals surface area contributed by atoms with Gasteiger partial charge in [0.15, 0.2) is 0 Å². The monoisotopic (exact) mass is 377 g/mol. The van der Waals surface area contributed by atoms with E-state index in [4.69, 9.17) is 22.8 Å². The summed E-state index contributed by atoms with van der Waals surface area (Å²) >= 11 is 7.14. The summed E-state index contributed by atoms with van der Waals surface area (Å²) in [6.45, 7) is 0.646. The molecule has 0 saturated heterocycles. The number of amides is 2. The first-order valence-corrected chi connectivity index (χ1v) is 8.65. The molecule has 8 heteroatoms. The Bertz CT molecular complexity index is 768. The lowest BCUT2D eigenvalue weighted by Gasteiger charge is -2.04. The SMILES string of the molecule is C#CCNC(=O)CCNC(=O)c1csc(COc2ccc(Cl)cc2)n1. The van der Waals surface area contributed by atoms with Crippen LogP contribution in [0.25, 0.3) is 0 Å². The summed E-state index contributed by atoms with van der Waals surface area (Å²) < 4.78 is 5.58. The Balaban J connectivity index is 1.76. The maximum atomic E-state index is 12.0. The topological polar surface area (TPSA) is 80.3 Å². The summed E-state index contributed by atoms with van der Waals surface area (Å²) in [4.78, 5) is 27.6. The number of hydrogen-bond donors (Lipinski definition) is 2. The number of carbonyl (C=O) groups is 2. The number of nitrogens with zero attached hydrogens (tertiary/aromatic N) is 1. The van der Waals surface area contributed by atoms with Crippen LogP contribution >= 0.6 is 22.9 Å². The number of nitrogens with one attached hydrogen (secondary N) is 2. The first kappa shape index (κ1) is 18.8. The minimum Gasteiger partial charge on any atom is -0.486 e. The molecule has 2 aromatic rings. The number of hydrogen-bond acceptors (Lipinski definition) is 5. The van der Waals surface area contributed by atoms with Gasteiger partial charge in [-0.15, -0.1) is 17.8 Å². The third-order valence-corrected chi connectivity index (χ3v) is 4.06. The Labute approximate surface area is 154 Å². The van der Waals surface area contributed by atoms with E-state index in [9.17, 15) is 9.59 Å². The van der Waals surface area contributed by atoms with E-state index in [2.05, 4.69) is 21.5 Å². The summed E-state index contributed by atoms with van der Waals surface area (Å²) in [6, 6.07) is 6.98. The third kappa shape index (κ3) is 6.45. The van der Waals surface area contributed by atoms with Gasteiger partial charge in [-0.05, 0) is 24.3 Å². The molecular formula is C17H16ClN3O3S. The van der Waals surface area contributed by atoms with Crippen molar-refractivity contribution >= 4 is 34.8 Å². The number of aromatic nitrogens is 1. The lowest BCUT2D eigenvalue weighted by atomic mass is 10.3. The van der Waals surface area contributed by atoms with Crippen LogP contribution < -0.4 is 15.4 Å². The summed E-state index contributed by atoms with van der Waals surface area (Å²) in [6.07, 6.45) is 5.20. The van der Waals surface area contributed by atoms with E-state index in [1.54, 1.807) is 29.6 Å². The van der Waals surface area contributed by atoms with Crippen molar-refractivity contribution in [3.05, 3.63) is 45.4 Å². The van der Waals surface area contributed by atoms with Crippen molar-refractivity contribution in [2.24, 2.45) is 0 Å². The van der Waals surface area contributed by atoms with Crippen LogP contribution in [0.1, 0.15) is 21.9 Å². The maximum absolute atomic E-state index is 12.0. The highest BCUT2D eigenvalue weighted by atomic mass is 35.5. The number of rotatable bonds is 8. The molecule has 0 aliphatic rings. The van der Waals surface area contributed by atoms with Gasteiger partial charge >= 0.3 is 0 Å². The third-order valence-electron chi connectivity index (χ3n) is 2.99. The molecule has 0 saturated carbocycles. The highest BCUT2D eigenvalue weighted by molar-refractivity contribution is 7.09. The van der Waals surface area contributed by atoms with Crippen LogP contribution in [0.2, 0.25) is 5.02 Å². The largest absolute Gasteiger partial charge is 0.486 e. The summed E-state index contributed by atoms with van der Waals surface area (Å²) in [5.41, 5.74) is 0.295. The molecule has 6 nitrogen and oxygen atoms in total. The Morgan fingerprint density at radius 2 is 2.04 bits per heavy atom. The van der Waals surface area contributed by atoms with Gasteiger partial charge in [-0.3, -0.25) is 9.59 Å². The van der Waals surface area contributed by atoms with Crippen LogP contribution in [-0.2, 0) is 11.4 Å². The molecule has 2 amide bonds. The van der Waals surface area contributed by atoms with Crippen molar-refractivity contribution in [1.82, 2.24) is 15.6 Å². The number of benzene rings is 1. The van der Waals surface area contributed by atoms with Crippen LogP contribution in [0.15, 0.2) is 29.6 Å². The van der Waals surface area contributed by atoms with Crippen LogP contribution in [0.4, 0.5) is 0 Å². The number of thiazole rings is 1. The molecule has 0 bridgehead atoms.